The number of hydrogen-bond acceptors (Lipinski definition) is 3. The zero-order valence-electron chi connectivity index (χ0n) is 26.5. The molecular weight excluding hydrogens is 599 g/mol. The van der Waals surface area contributed by atoms with Gasteiger partial charge in [-0.05, 0) is 76.3 Å². The maximum absolute atomic E-state index is 6.70. The summed E-state index contributed by atoms with van der Waals surface area (Å²) in [6.45, 7) is 0. The van der Waals surface area contributed by atoms with Gasteiger partial charge in [-0.3, -0.25) is 0 Å². The number of fused-ring (bicyclic) bond motifs is 5. The lowest BCUT2D eigenvalue weighted by Crippen LogP contribution is -2.11. The van der Waals surface area contributed by atoms with E-state index in [1.54, 1.807) is 0 Å². The quantitative estimate of drug-likeness (QED) is 0.190. The van der Waals surface area contributed by atoms with Crippen LogP contribution in [-0.4, -0.2) is 0 Å². The molecule has 0 amide bonds. The molecule has 49 heavy (non-hydrogen) atoms. The minimum Gasteiger partial charge on any atom is -0.456 e. The van der Waals surface area contributed by atoms with Crippen LogP contribution in [0.1, 0.15) is 0 Å². The molecule has 0 fully saturated rings. The van der Waals surface area contributed by atoms with Gasteiger partial charge in [-0.2, -0.15) is 0 Å². The van der Waals surface area contributed by atoms with Gasteiger partial charge in [0.25, 0.3) is 0 Å². The summed E-state index contributed by atoms with van der Waals surface area (Å²) in [4.78, 5) is 2.33. The SMILES string of the molecule is c1ccc(-c2ccc(N(c3ccc4c5c(cccc35)-c3ccc(-c5ccccc5)cc3O4)c3cccc4c3oc3ccccc34)cc2)cc1. The van der Waals surface area contributed by atoms with E-state index in [-0.39, 0.29) is 0 Å². The average molecular weight is 628 g/mol. The van der Waals surface area contributed by atoms with E-state index in [0.29, 0.717) is 0 Å². The van der Waals surface area contributed by atoms with Crippen LogP contribution in [0.25, 0.3) is 66.1 Å². The number of ether oxygens (including phenoxy) is 1. The summed E-state index contributed by atoms with van der Waals surface area (Å²) in [6, 6.07) is 61.8. The van der Waals surface area contributed by atoms with Crippen molar-refractivity contribution in [3.63, 3.8) is 0 Å². The van der Waals surface area contributed by atoms with E-state index in [2.05, 4.69) is 163 Å². The second kappa shape index (κ2) is 11.0. The molecule has 0 aliphatic carbocycles. The highest BCUT2D eigenvalue weighted by Crippen LogP contribution is 2.52. The maximum atomic E-state index is 6.70. The van der Waals surface area contributed by atoms with E-state index in [9.17, 15) is 0 Å². The number of furan rings is 1. The Bertz CT molecular complexity index is 2670. The summed E-state index contributed by atoms with van der Waals surface area (Å²) in [5.41, 5.74) is 11.7. The Labute approximate surface area is 283 Å². The van der Waals surface area contributed by atoms with Crippen molar-refractivity contribution in [2.75, 3.05) is 4.90 Å². The smallest absolute Gasteiger partial charge is 0.159 e. The molecule has 8 aromatic carbocycles. The lowest BCUT2D eigenvalue weighted by Gasteiger charge is -2.29. The summed E-state index contributed by atoms with van der Waals surface area (Å²) in [5.74, 6) is 1.72. The molecule has 0 atom stereocenters. The first-order chi connectivity index (χ1) is 24.3. The van der Waals surface area contributed by atoms with Gasteiger partial charge in [0.15, 0.2) is 5.58 Å². The van der Waals surface area contributed by atoms with E-state index in [4.69, 9.17) is 9.15 Å². The van der Waals surface area contributed by atoms with Crippen molar-refractivity contribution in [1.29, 1.82) is 0 Å². The third-order valence-corrected chi connectivity index (χ3v) is 9.68. The van der Waals surface area contributed by atoms with Crippen molar-refractivity contribution in [1.82, 2.24) is 0 Å². The van der Waals surface area contributed by atoms with Crippen molar-refractivity contribution >= 4 is 49.8 Å². The lowest BCUT2D eigenvalue weighted by atomic mass is 9.92. The molecule has 230 valence electrons. The fraction of sp³-hybridized carbons (Fsp3) is 0. The Morgan fingerprint density at radius 3 is 1.86 bits per heavy atom. The molecule has 0 N–H and O–H groups in total. The number of hydrogen-bond donors (Lipinski definition) is 0. The van der Waals surface area contributed by atoms with Crippen LogP contribution >= 0.6 is 0 Å². The predicted molar refractivity (Wildman–Crippen MR) is 202 cm³/mol. The molecular formula is C46H29NO2. The first kappa shape index (κ1) is 27.5. The van der Waals surface area contributed by atoms with Gasteiger partial charge in [-0.15, -0.1) is 0 Å². The highest BCUT2D eigenvalue weighted by molar-refractivity contribution is 6.14. The molecule has 1 aromatic heterocycles. The van der Waals surface area contributed by atoms with Crippen molar-refractivity contribution in [2.45, 2.75) is 0 Å². The van der Waals surface area contributed by atoms with E-state index in [0.717, 1.165) is 78.0 Å². The molecule has 9 aromatic rings. The fourth-order valence-corrected chi connectivity index (χ4v) is 7.37. The minimum atomic E-state index is 0.853. The molecule has 0 unspecified atom stereocenters. The van der Waals surface area contributed by atoms with E-state index < -0.39 is 0 Å². The van der Waals surface area contributed by atoms with E-state index >= 15 is 0 Å². The summed E-state index contributed by atoms with van der Waals surface area (Å²) in [5, 5.41) is 4.40. The third kappa shape index (κ3) is 4.44. The lowest BCUT2D eigenvalue weighted by molar-refractivity contribution is 0.487. The largest absolute Gasteiger partial charge is 0.456 e. The zero-order valence-corrected chi connectivity index (χ0v) is 26.5. The molecule has 1 aliphatic rings. The van der Waals surface area contributed by atoms with Crippen molar-refractivity contribution in [3.05, 3.63) is 176 Å². The van der Waals surface area contributed by atoms with Crippen molar-refractivity contribution < 1.29 is 9.15 Å². The summed E-state index contributed by atoms with van der Waals surface area (Å²) in [7, 11) is 0. The number of nitrogens with zero attached hydrogens (tertiary/aromatic N) is 1. The van der Waals surface area contributed by atoms with Crippen LogP contribution in [-0.2, 0) is 0 Å². The van der Waals surface area contributed by atoms with Gasteiger partial charge in [0.05, 0.1) is 11.4 Å². The van der Waals surface area contributed by atoms with Gasteiger partial charge in [-0.25, -0.2) is 0 Å². The maximum Gasteiger partial charge on any atom is 0.159 e. The van der Waals surface area contributed by atoms with Crippen LogP contribution in [0.4, 0.5) is 17.1 Å². The Morgan fingerprint density at radius 2 is 1.04 bits per heavy atom. The highest BCUT2D eigenvalue weighted by atomic mass is 16.5. The molecule has 10 rings (SSSR count). The molecule has 3 nitrogen and oxygen atoms in total. The third-order valence-electron chi connectivity index (χ3n) is 9.68. The number of para-hydroxylation sites is 2. The Morgan fingerprint density at radius 1 is 0.388 bits per heavy atom. The standard InChI is InChI=1S/C46H29NO2/c1-3-11-30(12-4-1)32-21-24-34(25-22-32)47(41-19-10-17-38-35-15-7-8-20-42(35)49-46(38)41)40-27-28-43-45-37(16-9-18-39(40)45)36-26-23-33(29-44(36)48-43)31-13-5-2-6-14-31/h1-29H. The average Bonchev–Trinajstić information content (AvgIpc) is 3.56. The van der Waals surface area contributed by atoms with Crippen LogP contribution in [0.15, 0.2) is 180 Å². The summed E-state index contributed by atoms with van der Waals surface area (Å²) in [6.07, 6.45) is 0. The molecule has 0 radical (unpaired) electrons. The number of anilines is 3. The van der Waals surface area contributed by atoms with Gasteiger partial charge in [0, 0.05) is 32.8 Å². The number of rotatable bonds is 5. The molecule has 0 bridgehead atoms. The van der Waals surface area contributed by atoms with E-state index in [1.165, 1.54) is 16.7 Å². The normalized spacial score (nSPS) is 11.8. The molecule has 0 saturated heterocycles. The predicted octanol–water partition coefficient (Wildman–Crippen LogP) is 13.3. The minimum absolute atomic E-state index is 0.853. The van der Waals surface area contributed by atoms with Gasteiger partial charge in [0.2, 0.25) is 0 Å². The first-order valence-electron chi connectivity index (χ1n) is 16.6. The Kier molecular flexibility index (Phi) is 6.18. The van der Waals surface area contributed by atoms with Crippen LogP contribution in [0.2, 0.25) is 0 Å². The van der Waals surface area contributed by atoms with E-state index in [1.807, 2.05) is 18.2 Å². The molecule has 1 aliphatic heterocycles. The van der Waals surface area contributed by atoms with Crippen LogP contribution < -0.4 is 9.64 Å². The second-order valence-electron chi connectivity index (χ2n) is 12.5. The fourth-order valence-electron chi connectivity index (χ4n) is 7.37. The molecule has 0 spiro atoms. The van der Waals surface area contributed by atoms with Crippen LogP contribution in [0, 0.1) is 0 Å². The Balaban J connectivity index is 1.18. The first-order valence-corrected chi connectivity index (χ1v) is 16.6. The van der Waals surface area contributed by atoms with Gasteiger partial charge in [-0.1, -0.05) is 127 Å². The molecule has 3 heteroatoms. The van der Waals surface area contributed by atoms with Gasteiger partial charge < -0.3 is 14.1 Å². The highest BCUT2D eigenvalue weighted by Gasteiger charge is 2.26. The van der Waals surface area contributed by atoms with Crippen molar-refractivity contribution in [2.24, 2.45) is 0 Å². The van der Waals surface area contributed by atoms with Crippen LogP contribution in [0.3, 0.4) is 0 Å². The van der Waals surface area contributed by atoms with Crippen LogP contribution in [0.5, 0.6) is 11.5 Å². The number of benzene rings is 8. The summed E-state index contributed by atoms with van der Waals surface area (Å²) < 4.78 is 13.3. The summed E-state index contributed by atoms with van der Waals surface area (Å²) >= 11 is 0. The van der Waals surface area contributed by atoms with Gasteiger partial charge in [0.1, 0.15) is 17.1 Å². The van der Waals surface area contributed by atoms with Crippen molar-refractivity contribution in [3.8, 4) is 44.9 Å². The topological polar surface area (TPSA) is 25.6 Å². The second-order valence-corrected chi connectivity index (χ2v) is 12.5. The molecule has 0 saturated carbocycles. The molecule has 2 heterocycles. The zero-order chi connectivity index (χ0) is 32.3. The Hall–Kier alpha value is -6.58. The monoisotopic (exact) mass is 627 g/mol. The van der Waals surface area contributed by atoms with Gasteiger partial charge >= 0.3 is 0 Å².